The van der Waals surface area contributed by atoms with E-state index in [1.807, 2.05) is 42.5 Å². The first-order valence-corrected chi connectivity index (χ1v) is 7.20. The molecule has 0 amide bonds. The van der Waals surface area contributed by atoms with E-state index in [1.54, 1.807) is 30.6 Å². The number of anilines is 1. The van der Waals surface area contributed by atoms with Crippen molar-refractivity contribution in [3.63, 3.8) is 0 Å². The summed E-state index contributed by atoms with van der Waals surface area (Å²) in [6, 6.07) is 20.1. The summed E-state index contributed by atoms with van der Waals surface area (Å²) < 4.78 is 0. The van der Waals surface area contributed by atoms with E-state index in [2.05, 4.69) is 10.3 Å². The van der Waals surface area contributed by atoms with Gasteiger partial charge >= 0.3 is 0 Å². The van der Waals surface area contributed by atoms with Crippen molar-refractivity contribution in [1.82, 2.24) is 4.98 Å². The Labute approximate surface area is 133 Å². The predicted molar refractivity (Wildman–Crippen MR) is 89.2 cm³/mol. The molecule has 23 heavy (non-hydrogen) atoms. The summed E-state index contributed by atoms with van der Waals surface area (Å²) in [7, 11) is 0. The van der Waals surface area contributed by atoms with Crippen LogP contribution in [0.4, 0.5) is 11.4 Å². The van der Waals surface area contributed by atoms with Gasteiger partial charge in [0.25, 0.3) is 5.69 Å². The van der Waals surface area contributed by atoms with Gasteiger partial charge in [-0.15, -0.1) is 0 Å². The quantitative estimate of drug-likeness (QED) is 0.567. The molecule has 114 valence electrons. The lowest BCUT2D eigenvalue weighted by Crippen LogP contribution is -2.13. The molecule has 0 fully saturated rings. The summed E-state index contributed by atoms with van der Waals surface area (Å²) in [5.74, 6) is 0. The number of aromatic nitrogens is 1. The molecule has 0 spiro atoms. The zero-order valence-corrected chi connectivity index (χ0v) is 12.3. The maximum absolute atomic E-state index is 11.2. The van der Waals surface area contributed by atoms with Gasteiger partial charge < -0.3 is 5.32 Å². The van der Waals surface area contributed by atoms with Crippen molar-refractivity contribution in [3.8, 4) is 0 Å². The third-order valence-corrected chi connectivity index (χ3v) is 3.57. The lowest BCUT2D eigenvalue weighted by molar-refractivity contribution is -0.384. The third kappa shape index (κ3) is 3.35. The van der Waals surface area contributed by atoms with Crippen LogP contribution in [0.15, 0.2) is 79.1 Å². The molecule has 1 aromatic heterocycles. The monoisotopic (exact) mass is 305 g/mol. The van der Waals surface area contributed by atoms with Gasteiger partial charge in [-0.1, -0.05) is 42.5 Å². The number of hydrogen-bond donors (Lipinski definition) is 1. The third-order valence-electron chi connectivity index (χ3n) is 3.57. The first-order valence-electron chi connectivity index (χ1n) is 7.20. The van der Waals surface area contributed by atoms with E-state index in [-0.39, 0.29) is 16.7 Å². The maximum Gasteiger partial charge on any atom is 0.292 e. The molecule has 1 N–H and O–H groups in total. The number of benzene rings is 2. The Morgan fingerprint density at radius 2 is 1.48 bits per heavy atom. The van der Waals surface area contributed by atoms with Gasteiger partial charge in [-0.25, -0.2) is 0 Å². The van der Waals surface area contributed by atoms with Crippen LogP contribution in [0.25, 0.3) is 0 Å². The van der Waals surface area contributed by atoms with Crippen LogP contribution in [0.3, 0.4) is 0 Å². The van der Waals surface area contributed by atoms with Crippen molar-refractivity contribution >= 4 is 11.4 Å². The highest BCUT2D eigenvalue weighted by molar-refractivity contribution is 5.63. The Morgan fingerprint density at radius 3 is 2.17 bits per heavy atom. The van der Waals surface area contributed by atoms with Crippen molar-refractivity contribution in [2.45, 2.75) is 6.04 Å². The topological polar surface area (TPSA) is 68.1 Å². The fourth-order valence-corrected chi connectivity index (χ4v) is 2.47. The lowest BCUT2D eigenvalue weighted by Gasteiger charge is -2.20. The molecule has 0 saturated carbocycles. The number of para-hydroxylation sites is 2. The number of hydrogen-bond acceptors (Lipinski definition) is 4. The van der Waals surface area contributed by atoms with Gasteiger partial charge in [0.05, 0.1) is 11.0 Å². The van der Waals surface area contributed by atoms with Gasteiger partial charge in [-0.3, -0.25) is 15.1 Å². The first-order chi connectivity index (χ1) is 11.3. The molecule has 1 heterocycles. The SMILES string of the molecule is O=[N+]([O-])c1ccccc1N[C@@H](c1ccccc1)c1ccncc1. The average Bonchev–Trinajstić information content (AvgIpc) is 2.61. The zero-order chi connectivity index (χ0) is 16.1. The van der Waals surface area contributed by atoms with Gasteiger partial charge in [-0.2, -0.15) is 0 Å². The molecule has 0 saturated heterocycles. The molecule has 1 atom stereocenters. The van der Waals surface area contributed by atoms with Crippen LogP contribution < -0.4 is 5.32 Å². The summed E-state index contributed by atoms with van der Waals surface area (Å²) >= 11 is 0. The van der Waals surface area contributed by atoms with Gasteiger partial charge in [0.1, 0.15) is 5.69 Å². The van der Waals surface area contributed by atoms with Crippen LogP contribution in [-0.2, 0) is 0 Å². The molecule has 2 aromatic carbocycles. The number of nitro benzene ring substituents is 1. The molecule has 0 aliphatic rings. The summed E-state index contributed by atoms with van der Waals surface area (Å²) in [5, 5.41) is 14.5. The summed E-state index contributed by atoms with van der Waals surface area (Å²) in [5.41, 5.74) is 2.56. The van der Waals surface area contributed by atoms with Crippen LogP contribution in [0.5, 0.6) is 0 Å². The minimum atomic E-state index is -0.378. The van der Waals surface area contributed by atoms with Crippen LogP contribution in [0.1, 0.15) is 17.2 Å². The van der Waals surface area contributed by atoms with E-state index >= 15 is 0 Å². The van der Waals surface area contributed by atoms with E-state index in [0.717, 1.165) is 11.1 Å². The Kier molecular flexibility index (Phi) is 4.29. The minimum absolute atomic E-state index is 0.0579. The van der Waals surface area contributed by atoms with Crippen molar-refractivity contribution in [2.24, 2.45) is 0 Å². The highest BCUT2D eigenvalue weighted by Gasteiger charge is 2.19. The van der Waals surface area contributed by atoms with Gasteiger partial charge in [0.2, 0.25) is 0 Å². The van der Waals surface area contributed by atoms with Crippen LogP contribution >= 0.6 is 0 Å². The molecule has 0 unspecified atom stereocenters. The Bertz CT molecular complexity index is 752. The van der Waals surface area contributed by atoms with Crippen molar-refractivity contribution in [2.75, 3.05) is 5.32 Å². The molecule has 5 nitrogen and oxygen atoms in total. The Morgan fingerprint density at radius 1 is 0.870 bits per heavy atom. The Hall–Kier alpha value is -3.21. The molecular formula is C18H15N3O2. The minimum Gasteiger partial charge on any atom is -0.369 e. The largest absolute Gasteiger partial charge is 0.369 e. The smallest absolute Gasteiger partial charge is 0.292 e. The number of nitrogens with one attached hydrogen (secondary N) is 1. The number of rotatable bonds is 5. The standard InChI is InChI=1S/C18H15N3O2/c22-21(23)17-9-5-4-8-16(17)20-18(14-6-2-1-3-7-14)15-10-12-19-13-11-15/h1-13,18,20H/t18-/m0/s1. The van der Waals surface area contributed by atoms with Crippen molar-refractivity contribution in [3.05, 3.63) is 100 Å². The summed E-state index contributed by atoms with van der Waals surface area (Å²) in [6.07, 6.45) is 3.43. The summed E-state index contributed by atoms with van der Waals surface area (Å²) in [6.45, 7) is 0. The molecule has 5 heteroatoms. The predicted octanol–water partition coefficient (Wildman–Crippen LogP) is 4.19. The second-order valence-corrected chi connectivity index (χ2v) is 5.04. The van der Waals surface area contributed by atoms with Gasteiger partial charge in [0.15, 0.2) is 0 Å². The van der Waals surface area contributed by atoms with E-state index in [9.17, 15) is 10.1 Å². The van der Waals surface area contributed by atoms with E-state index in [1.165, 1.54) is 6.07 Å². The number of nitro groups is 1. The lowest BCUT2D eigenvalue weighted by atomic mass is 9.99. The maximum atomic E-state index is 11.2. The molecular weight excluding hydrogens is 290 g/mol. The Balaban J connectivity index is 2.02. The zero-order valence-electron chi connectivity index (χ0n) is 12.3. The summed E-state index contributed by atoms with van der Waals surface area (Å²) in [4.78, 5) is 14.9. The van der Waals surface area contributed by atoms with Crippen LogP contribution in [0.2, 0.25) is 0 Å². The molecule has 0 bridgehead atoms. The molecule has 3 aromatic rings. The highest BCUT2D eigenvalue weighted by atomic mass is 16.6. The van der Waals surface area contributed by atoms with E-state index < -0.39 is 0 Å². The van der Waals surface area contributed by atoms with Crippen molar-refractivity contribution in [1.29, 1.82) is 0 Å². The van der Waals surface area contributed by atoms with Crippen LogP contribution in [-0.4, -0.2) is 9.91 Å². The molecule has 0 aliphatic heterocycles. The fraction of sp³-hybridized carbons (Fsp3) is 0.0556. The van der Waals surface area contributed by atoms with Gasteiger partial charge in [-0.05, 0) is 29.3 Å². The number of pyridine rings is 1. The second kappa shape index (κ2) is 6.70. The van der Waals surface area contributed by atoms with E-state index in [0.29, 0.717) is 5.69 Å². The molecule has 3 rings (SSSR count). The highest BCUT2D eigenvalue weighted by Crippen LogP contribution is 2.31. The van der Waals surface area contributed by atoms with Crippen LogP contribution in [0, 0.1) is 10.1 Å². The average molecular weight is 305 g/mol. The normalized spacial score (nSPS) is 11.7. The van der Waals surface area contributed by atoms with Crippen molar-refractivity contribution < 1.29 is 4.92 Å². The number of nitrogens with zero attached hydrogens (tertiary/aromatic N) is 2. The fourth-order valence-electron chi connectivity index (χ4n) is 2.47. The van der Waals surface area contributed by atoms with Gasteiger partial charge in [0, 0.05) is 18.5 Å². The second-order valence-electron chi connectivity index (χ2n) is 5.04. The van der Waals surface area contributed by atoms with E-state index in [4.69, 9.17) is 0 Å². The first kappa shape index (κ1) is 14.7. The molecule has 0 aliphatic carbocycles. The molecule has 0 radical (unpaired) electrons.